The van der Waals surface area contributed by atoms with Crippen LogP contribution in [0.15, 0.2) is 100 Å². The van der Waals surface area contributed by atoms with Crippen molar-refractivity contribution < 1.29 is 19.0 Å². The Kier molecular flexibility index (Phi) is 7.73. The molecule has 218 valence electrons. The first-order chi connectivity index (χ1) is 20.9. The molecule has 3 heterocycles. The number of esters is 1. The Morgan fingerprint density at radius 2 is 1.74 bits per heavy atom. The van der Waals surface area contributed by atoms with Crippen molar-refractivity contribution in [1.29, 1.82) is 0 Å². The lowest BCUT2D eigenvalue weighted by Gasteiger charge is -2.25. The number of allylic oxidation sites excluding steroid dienone is 1. The van der Waals surface area contributed by atoms with E-state index in [4.69, 9.17) is 19.2 Å². The highest BCUT2D eigenvalue weighted by Crippen LogP contribution is 2.36. The second-order valence-electron chi connectivity index (χ2n) is 10.1. The van der Waals surface area contributed by atoms with Crippen LogP contribution in [0.2, 0.25) is 0 Å². The summed E-state index contributed by atoms with van der Waals surface area (Å²) in [6.07, 6.45) is 4.00. The monoisotopic (exact) mass is 593 g/mol. The molecular formula is C34H31N3O5S. The van der Waals surface area contributed by atoms with Gasteiger partial charge in [0.15, 0.2) is 16.3 Å². The second kappa shape index (κ2) is 11.8. The minimum absolute atomic E-state index is 0.200. The molecule has 1 atom stereocenters. The van der Waals surface area contributed by atoms with Gasteiger partial charge in [-0.05, 0) is 49.2 Å². The molecule has 8 nitrogen and oxygen atoms in total. The maximum absolute atomic E-state index is 14.2. The predicted molar refractivity (Wildman–Crippen MR) is 167 cm³/mol. The smallest absolute Gasteiger partial charge is 0.338 e. The van der Waals surface area contributed by atoms with Gasteiger partial charge < -0.3 is 18.8 Å². The van der Waals surface area contributed by atoms with Gasteiger partial charge in [-0.3, -0.25) is 9.36 Å². The summed E-state index contributed by atoms with van der Waals surface area (Å²) in [5.41, 5.74) is 4.46. The lowest BCUT2D eigenvalue weighted by Crippen LogP contribution is -2.39. The molecule has 0 radical (unpaired) electrons. The Labute approximate surface area is 252 Å². The molecule has 0 bridgehead atoms. The van der Waals surface area contributed by atoms with Crippen molar-refractivity contribution in [2.24, 2.45) is 4.99 Å². The highest BCUT2D eigenvalue weighted by Gasteiger charge is 2.34. The third-order valence-electron chi connectivity index (χ3n) is 7.54. The molecule has 43 heavy (non-hydrogen) atoms. The predicted octanol–water partition coefficient (Wildman–Crippen LogP) is 4.82. The number of ether oxygens (including phenoxy) is 3. The van der Waals surface area contributed by atoms with E-state index in [0.29, 0.717) is 44.2 Å². The van der Waals surface area contributed by atoms with E-state index in [9.17, 15) is 9.59 Å². The van der Waals surface area contributed by atoms with E-state index in [0.717, 1.165) is 16.5 Å². The Hall–Kier alpha value is -4.89. The van der Waals surface area contributed by atoms with Gasteiger partial charge in [0, 0.05) is 29.2 Å². The standard InChI is InChI=1S/C34H31N3O5S/c1-5-42-33(39)30-21(2)35-34-37(31(30)23-15-16-27(40-3)28(17-23)41-4)32(38)29(43-34)18-24-20-36(19-22-11-7-6-8-12-22)26-14-10-9-13-25(24)26/h6-18,20,31H,5,19H2,1-4H3/b29-18-/t31-/m0/s1. The highest BCUT2D eigenvalue weighted by molar-refractivity contribution is 7.07. The van der Waals surface area contributed by atoms with Crippen LogP contribution in [0, 0.1) is 0 Å². The van der Waals surface area contributed by atoms with Gasteiger partial charge in [-0.2, -0.15) is 0 Å². The van der Waals surface area contributed by atoms with Crippen molar-refractivity contribution in [3.05, 3.63) is 127 Å². The number of fused-ring (bicyclic) bond motifs is 2. The van der Waals surface area contributed by atoms with Crippen molar-refractivity contribution in [3.8, 4) is 11.5 Å². The number of aromatic nitrogens is 2. The number of nitrogens with zero attached hydrogens (tertiary/aromatic N) is 3. The number of carbonyl (C=O) groups is 1. The molecule has 0 aliphatic carbocycles. The number of rotatable bonds is 8. The largest absolute Gasteiger partial charge is 0.493 e. The molecule has 1 aliphatic rings. The highest BCUT2D eigenvalue weighted by atomic mass is 32.1. The molecule has 0 saturated heterocycles. The number of para-hydroxylation sites is 1. The zero-order valence-electron chi connectivity index (χ0n) is 24.4. The molecule has 0 amide bonds. The lowest BCUT2D eigenvalue weighted by molar-refractivity contribution is -0.139. The SMILES string of the molecule is CCOC(=O)C1=C(C)N=c2s/c(=C\c3cn(Cc4ccccc4)c4ccccc34)c(=O)n2[C@H]1c1ccc(OC)c(OC)c1. The van der Waals surface area contributed by atoms with Crippen LogP contribution in [0.3, 0.4) is 0 Å². The van der Waals surface area contributed by atoms with Crippen LogP contribution >= 0.6 is 11.3 Å². The van der Waals surface area contributed by atoms with Crippen molar-refractivity contribution in [1.82, 2.24) is 9.13 Å². The molecule has 0 N–H and O–H groups in total. The summed E-state index contributed by atoms with van der Waals surface area (Å²) in [4.78, 5) is 32.7. The molecule has 5 aromatic rings. The van der Waals surface area contributed by atoms with E-state index < -0.39 is 12.0 Å². The Morgan fingerprint density at radius 3 is 2.49 bits per heavy atom. The van der Waals surface area contributed by atoms with Crippen LogP contribution in [0.4, 0.5) is 0 Å². The van der Waals surface area contributed by atoms with Gasteiger partial charge in [0.05, 0.1) is 42.7 Å². The van der Waals surface area contributed by atoms with E-state index in [1.165, 1.54) is 16.9 Å². The van der Waals surface area contributed by atoms with E-state index in [-0.39, 0.29) is 12.2 Å². The van der Waals surface area contributed by atoms with Crippen LogP contribution in [0.5, 0.6) is 11.5 Å². The van der Waals surface area contributed by atoms with Gasteiger partial charge in [0.1, 0.15) is 0 Å². The molecule has 0 fully saturated rings. The van der Waals surface area contributed by atoms with E-state index in [2.05, 4.69) is 35.0 Å². The topological polar surface area (TPSA) is 84.1 Å². The van der Waals surface area contributed by atoms with Crippen LogP contribution in [0.1, 0.15) is 36.6 Å². The minimum Gasteiger partial charge on any atom is -0.493 e. The molecule has 1 aliphatic heterocycles. The van der Waals surface area contributed by atoms with E-state index >= 15 is 0 Å². The normalized spacial score (nSPS) is 14.9. The fourth-order valence-electron chi connectivity index (χ4n) is 5.57. The lowest BCUT2D eigenvalue weighted by atomic mass is 9.95. The number of benzene rings is 3. The zero-order valence-corrected chi connectivity index (χ0v) is 25.2. The average Bonchev–Trinajstić information content (AvgIpc) is 3.52. The summed E-state index contributed by atoms with van der Waals surface area (Å²) in [5, 5.41) is 1.05. The van der Waals surface area contributed by atoms with E-state index in [1.54, 1.807) is 44.8 Å². The Balaban J connectivity index is 1.53. The Bertz CT molecular complexity index is 2050. The van der Waals surface area contributed by atoms with Crippen LogP contribution in [0.25, 0.3) is 17.0 Å². The molecule has 2 aromatic heterocycles. The first kappa shape index (κ1) is 28.2. The van der Waals surface area contributed by atoms with E-state index in [1.807, 2.05) is 42.5 Å². The summed E-state index contributed by atoms with van der Waals surface area (Å²) >= 11 is 1.30. The van der Waals surface area contributed by atoms with Crippen molar-refractivity contribution in [2.45, 2.75) is 26.4 Å². The number of hydrogen-bond donors (Lipinski definition) is 0. The van der Waals surface area contributed by atoms with Gasteiger partial charge in [-0.25, -0.2) is 9.79 Å². The number of hydrogen-bond acceptors (Lipinski definition) is 7. The van der Waals surface area contributed by atoms with Crippen molar-refractivity contribution >= 4 is 34.3 Å². The maximum Gasteiger partial charge on any atom is 0.338 e. The molecule has 0 spiro atoms. The average molecular weight is 594 g/mol. The zero-order chi connectivity index (χ0) is 30.1. The van der Waals surface area contributed by atoms with Gasteiger partial charge in [-0.1, -0.05) is 65.9 Å². The second-order valence-corrected chi connectivity index (χ2v) is 11.1. The van der Waals surface area contributed by atoms with Gasteiger partial charge in [-0.15, -0.1) is 0 Å². The molecule has 0 saturated carbocycles. The molecule has 6 rings (SSSR count). The summed E-state index contributed by atoms with van der Waals surface area (Å²) in [5.74, 6) is 0.525. The number of carbonyl (C=O) groups excluding carboxylic acids is 1. The summed E-state index contributed by atoms with van der Waals surface area (Å²) in [6.45, 7) is 4.43. The molecule has 0 unspecified atom stereocenters. The fourth-order valence-corrected chi connectivity index (χ4v) is 6.61. The summed E-state index contributed by atoms with van der Waals surface area (Å²) in [6, 6.07) is 23.1. The van der Waals surface area contributed by atoms with Crippen LogP contribution in [-0.4, -0.2) is 35.9 Å². The molecule has 9 heteroatoms. The van der Waals surface area contributed by atoms with Crippen molar-refractivity contribution in [3.63, 3.8) is 0 Å². The molecule has 3 aromatic carbocycles. The van der Waals surface area contributed by atoms with Crippen LogP contribution < -0.4 is 24.4 Å². The fraction of sp³-hybridized carbons (Fsp3) is 0.206. The summed E-state index contributed by atoms with van der Waals surface area (Å²) in [7, 11) is 3.11. The first-order valence-electron chi connectivity index (χ1n) is 14.0. The summed E-state index contributed by atoms with van der Waals surface area (Å²) < 4.78 is 20.7. The van der Waals surface area contributed by atoms with Gasteiger partial charge in [0.25, 0.3) is 5.56 Å². The van der Waals surface area contributed by atoms with Crippen LogP contribution in [-0.2, 0) is 16.1 Å². The third-order valence-corrected chi connectivity index (χ3v) is 8.53. The number of thiazole rings is 1. The molecular weight excluding hydrogens is 562 g/mol. The van der Waals surface area contributed by atoms with Crippen molar-refractivity contribution in [2.75, 3.05) is 20.8 Å². The third kappa shape index (κ3) is 5.17. The quantitative estimate of drug-likeness (QED) is 0.241. The minimum atomic E-state index is -0.753. The first-order valence-corrected chi connectivity index (χ1v) is 14.8. The van der Waals surface area contributed by atoms with Gasteiger partial charge in [0.2, 0.25) is 0 Å². The Morgan fingerprint density at radius 1 is 1.00 bits per heavy atom. The maximum atomic E-state index is 14.2. The number of methoxy groups -OCH3 is 2. The van der Waals surface area contributed by atoms with Gasteiger partial charge >= 0.3 is 5.97 Å².